The summed E-state index contributed by atoms with van der Waals surface area (Å²) in [4.78, 5) is 8.84. The molecule has 27 heavy (non-hydrogen) atoms. The third kappa shape index (κ3) is 5.66. The number of nitrogens with one attached hydrogen (secondary N) is 2. The van der Waals surface area contributed by atoms with E-state index in [-0.39, 0.29) is 24.0 Å². The van der Waals surface area contributed by atoms with E-state index in [4.69, 9.17) is 0 Å². The van der Waals surface area contributed by atoms with Gasteiger partial charge in [0.1, 0.15) is 0 Å². The second-order valence-corrected chi connectivity index (χ2v) is 6.52. The van der Waals surface area contributed by atoms with Gasteiger partial charge in [-0.1, -0.05) is 48.0 Å². The number of guanidine groups is 1. The summed E-state index contributed by atoms with van der Waals surface area (Å²) in [6, 6.07) is 16.9. The molecule has 2 aromatic carbocycles. The number of halogens is 1. The van der Waals surface area contributed by atoms with Crippen LogP contribution in [0.25, 0.3) is 10.9 Å². The minimum Gasteiger partial charge on any atom is -0.356 e. The molecule has 0 aliphatic rings. The van der Waals surface area contributed by atoms with Gasteiger partial charge in [0.05, 0.1) is 5.52 Å². The lowest BCUT2D eigenvalue weighted by Crippen LogP contribution is -2.38. The first-order valence-corrected chi connectivity index (χ1v) is 9.00. The van der Waals surface area contributed by atoms with Gasteiger partial charge in [-0.2, -0.15) is 0 Å². The van der Waals surface area contributed by atoms with Crippen molar-refractivity contribution in [3.8, 4) is 0 Å². The predicted molar refractivity (Wildman–Crippen MR) is 125 cm³/mol. The van der Waals surface area contributed by atoms with Crippen molar-refractivity contribution < 1.29 is 0 Å². The lowest BCUT2D eigenvalue weighted by atomic mass is 10.1. The molecule has 0 aliphatic heterocycles. The number of aliphatic imine (C=N–C) groups is 1. The number of aromatic nitrogens is 1. The molecule has 3 aromatic rings. The van der Waals surface area contributed by atoms with Crippen molar-refractivity contribution in [3.63, 3.8) is 0 Å². The summed E-state index contributed by atoms with van der Waals surface area (Å²) in [5, 5.41) is 7.97. The zero-order valence-corrected chi connectivity index (χ0v) is 18.5. The molecule has 4 nitrogen and oxygen atoms in total. The minimum atomic E-state index is 0. The molecular formula is C22H27IN4. The largest absolute Gasteiger partial charge is 0.356 e. The Hall–Kier alpha value is -2.15. The number of fused-ring (bicyclic) bond motifs is 1. The van der Waals surface area contributed by atoms with Gasteiger partial charge in [-0.15, -0.1) is 24.0 Å². The first kappa shape index (κ1) is 21.2. The lowest BCUT2D eigenvalue weighted by Gasteiger charge is -2.14. The van der Waals surface area contributed by atoms with E-state index in [0.717, 1.165) is 31.0 Å². The Morgan fingerprint density at radius 2 is 1.81 bits per heavy atom. The summed E-state index contributed by atoms with van der Waals surface area (Å²) in [5.41, 5.74) is 6.21. The van der Waals surface area contributed by atoms with Crippen LogP contribution in [0.3, 0.4) is 0 Å². The Morgan fingerprint density at radius 3 is 2.59 bits per heavy atom. The normalized spacial score (nSPS) is 11.1. The van der Waals surface area contributed by atoms with Gasteiger partial charge in [0.2, 0.25) is 0 Å². The van der Waals surface area contributed by atoms with Crippen LogP contribution in [0.4, 0.5) is 0 Å². The summed E-state index contributed by atoms with van der Waals surface area (Å²) < 4.78 is 0. The molecule has 0 saturated heterocycles. The summed E-state index contributed by atoms with van der Waals surface area (Å²) in [7, 11) is 1.80. The quantitative estimate of drug-likeness (QED) is 0.328. The molecule has 0 amide bonds. The van der Waals surface area contributed by atoms with E-state index in [0.29, 0.717) is 0 Å². The molecule has 0 aliphatic carbocycles. The lowest BCUT2D eigenvalue weighted by molar-refractivity contribution is 0.793. The molecule has 1 heterocycles. The van der Waals surface area contributed by atoms with Crippen molar-refractivity contribution in [1.82, 2.24) is 15.6 Å². The van der Waals surface area contributed by atoms with E-state index in [2.05, 4.69) is 76.9 Å². The second kappa shape index (κ2) is 10.3. The molecule has 0 bridgehead atoms. The highest BCUT2D eigenvalue weighted by Crippen LogP contribution is 2.16. The molecule has 2 N–H and O–H groups in total. The maximum absolute atomic E-state index is 4.52. The molecule has 3 rings (SSSR count). The monoisotopic (exact) mass is 474 g/mol. The van der Waals surface area contributed by atoms with Crippen LogP contribution in [0, 0.1) is 13.8 Å². The highest BCUT2D eigenvalue weighted by molar-refractivity contribution is 14.0. The van der Waals surface area contributed by atoms with E-state index in [1.54, 1.807) is 7.05 Å². The fraction of sp³-hybridized carbons (Fsp3) is 0.273. The van der Waals surface area contributed by atoms with Crippen molar-refractivity contribution in [2.75, 3.05) is 13.6 Å². The third-order valence-electron chi connectivity index (χ3n) is 4.57. The van der Waals surface area contributed by atoms with Gasteiger partial charge < -0.3 is 10.6 Å². The molecule has 0 fully saturated rings. The van der Waals surface area contributed by atoms with Crippen LogP contribution < -0.4 is 10.6 Å². The topological polar surface area (TPSA) is 49.3 Å². The first-order chi connectivity index (χ1) is 12.7. The Balaban J connectivity index is 0.00000261. The van der Waals surface area contributed by atoms with Crippen LogP contribution in [0.15, 0.2) is 59.7 Å². The molecular weight excluding hydrogens is 447 g/mol. The second-order valence-electron chi connectivity index (χ2n) is 6.52. The maximum Gasteiger partial charge on any atom is 0.191 e. The van der Waals surface area contributed by atoms with Crippen molar-refractivity contribution in [2.45, 2.75) is 26.8 Å². The van der Waals surface area contributed by atoms with E-state index >= 15 is 0 Å². The van der Waals surface area contributed by atoms with Crippen LogP contribution in [-0.4, -0.2) is 24.5 Å². The number of nitrogens with zero attached hydrogens (tertiary/aromatic N) is 2. The van der Waals surface area contributed by atoms with Gasteiger partial charge in [0, 0.05) is 31.7 Å². The zero-order valence-electron chi connectivity index (χ0n) is 16.1. The maximum atomic E-state index is 4.52. The van der Waals surface area contributed by atoms with Crippen molar-refractivity contribution in [2.24, 2.45) is 4.99 Å². The van der Waals surface area contributed by atoms with Crippen LogP contribution in [-0.2, 0) is 13.0 Å². The fourth-order valence-corrected chi connectivity index (χ4v) is 3.13. The van der Waals surface area contributed by atoms with E-state index < -0.39 is 0 Å². The van der Waals surface area contributed by atoms with Crippen LogP contribution in [0.2, 0.25) is 0 Å². The summed E-state index contributed by atoms with van der Waals surface area (Å²) in [6.07, 6.45) is 2.75. The van der Waals surface area contributed by atoms with Crippen molar-refractivity contribution in [3.05, 3.63) is 77.0 Å². The number of para-hydroxylation sites is 1. The van der Waals surface area contributed by atoms with Crippen molar-refractivity contribution in [1.29, 1.82) is 0 Å². The molecule has 0 radical (unpaired) electrons. The van der Waals surface area contributed by atoms with Crippen LogP contribution in [0.1, 0.15) is 22.3 Å². The number of rotatable bonds is 5. The number of aryl methyl sites for hydroxylation is 2. The van der Waals surface area contributed by atoms with Crippen molar-refractivity contribution >= 4 is 40.8 Å². The van der Waals surface area contributed by atoms with E-state index in [9.17, 15) is 0 Å². The van der Waals surface area contributed by atoms with Gasteiger partial charge in [-0.25, -0.2) is 0 Å². The molecule has 0 spiro atoms. The average molecular weight is 474 g/mol. The predicted octanol–water partition coefficient (Wildman–Crippen LogP) is 4.38. The van der Waals surface area contributed by atoms with Gasteiger partial charge in [-0.3, -0.25) is 9.98 Å². The van der Waals surface area contributed by atoms with Crippen LogP contribution >= 0.6 is 24.0 Å². The standard InChI is InChI=1S/C22H26N4.HI/c1-16-9-10-20(17(2)14-16)15-26-22(23-3)25-13-11-19-7-4-6-18-8-5-12-24-21(18)19;/h4-10,12,14H,11,13,15H2,1-3H3,(H2,23,25,26);1H. The van der Waals surface area contributed by atoms with Crippen LogP contribution in [0.5, 0.6) is 0 Å². The number of hydrogen-bond acceptors (Lipinski definition) is 2. The smallest absolute Gasteiger partial charge is 0.191 e. The number of hydrogen-bond donors (Lipinski definition) is 2. The molecule has 5 heteroatoms. The fourth-order valence-electron chi connectivity index (χ4n) is 3.13. The average Bonchev–Trinajstić information content (AvgIpc) is 2.66. The Labute approximate surface area is 178 Å². The molecule has 0 unspecified atom stereocenters. The van der Waals surface area contributed by atoms with Gasteiger partial charge >= 0.3 is 0 Å². The highest BCUT2D eigenvalue weighted by Gasteiger charge is 2.04. The first-order valence-electron chi connectivity index (χ1n) is 9.00. The Bertz CT molecular complexity index is 916. The molecule has 142 valence electrons. The van der Waals surface area contributed by atoms with Gasteiger partial charge in [0.25, 0.3) is 0 Å². The van der Waals surface area contributed by atoms with Gasteiger partial charge in [0.15, 0.2) is 5.96 Å². The number of benzene rings is 2. The Morgan fingerprint density at radius 1 is 1.00 bits per heavy atom. The molecule has 1 aromatic heterocycles. The van der Waals surface area contributed by atoms with E-state index in [1.165, 1.54) is 27.6 Å². The molecule has 0 saturated carbocycles. The van der Waals surface area contributed by atoms with E-state index in [1.807, 2.05) is 12.3 Å². The summed E-state index contributed by atoms with van der Waals surface area (Å²) in [5.74, 6) is 0.818. The summed E-state index contributed by atoms with van der Waals surface area (Å²) in [6.45, 7) is 5.84. The minimum absolute atomic E-state index is 0. The van der Waals surface area contributed by atoms with Gasteiger partial charge in [-0.05, 0) is 43.0 Å². The highest BCUT2D eigenvalue weighted by atomic mass is 127. The Kier molecular flexibility index (Phi) is 8.03. The third-order valence-corrected chi connectivity index (χ3v) is 4.57. The zero-order chi connectivity index (χ0) is 18.4. The number of pyridine rings is 1. The SMILES string of the molecule is CN=C(NCCc1cccc2cccnc12)NCc1ccc(C)cc1C.I. The summed E-state index contributed by atoms with van der Waals surface area (Å²) >= 11 is 0. The molecule has 0 atom stereocenters.